The van der Waals surface area contributed by atoms with Gasteiger partial charge in [0.2, 0.25) is 0 Å². The first-order chi connectivity index (χ1) is 8.70. The highest BCUT2D eigenvalue weighted by atomic mass is 32.1. The average molecular weight is 261 g/mol. The number of methoxy groups -OCH3 is 1. The molecule has 4 heteroatoms. The number of carbonyl (C=O) groups excluding carboxylic acids is 1. The number of rotatable bonds is 4. The Kier molecular flexibility index (Phi) is 3.99. The van der Waals surface area contributed by atoms with E-state index in [0.29, 0.717) is 5.56 Å². The topological polar surface area (TPSA) is 38.3 Å². The lowest BCUT2D eigenvalue weighted by atomic mass is 10.2. The Morgan fingerprint density at radius 2 is 2.00 bits per heavy atom. The van der Waals surface area contributed by atoms with E-state index < -0.39 is 0 Å². The maximum Gasteiger partial charge on any atom is 0.251 e. The Labute approximate surface area is 110 Å². The normalized spacial score (nSPS) is 11.9. The van der Waals surface area contributed by atoms with E-state index in [-0.39, 0.29) is 11.9 Å². The van der Waals surface area contributed by atoms with E-state index in [2.05, 4.69) is 5.32 Å². The predicted octanol–water partition coefficient (Wildman–Crippen LogP) is 3.25. The number of hydrogen-bond donors (Lipinski definition) is 1. The molecule has 1 atom stereocenters. The molecule has 0 unspecified atom stereocenters. The lowest BCUT2D eigenvalue weighted by Crippen LogP contribution is -2.25. The average Bonchev–Trinajstić information content (AvgIpc) is 2.92. The quantitative estimate of drug-likeness (QED) is 0.917. The van der Waals surface area contributed by atoms with E-state index in [1.54, 1.807) is 42.7 Å². The number of thiophene rings is 1. The fourth-order valence-corrected chi connectivity index (χ4v) is 2.37. The largest absolute Gasteiger partial charge is 0.497 e. The number of carbonyl (C=O) groups is 1. The van der Waals surface area contributed by atoms with Gasteiger partial charge < -0.3 is 10.1 Å². The minimum Gasteiger partial charge on any atom is -0.497 e. The fourth-order valence-electron chi connectivity index (χ4n) is 1.63. The summed E-state index contributed by atoms with van der Waals surface area (Å²) in [5.41, 5.74) is 0.638. The SMILES string of the molecule is COc1ccc(C(=O)N[C@@H](C)c2cccs2)cc1. The van der Waals surface area contributed by atoms with Crippen LogP contribution < -0.4 is 10.1 Å². The van der Waals surface area contributed by atoms with E-state index in [1.807, 2.05) is 24.4 Å². The minimum absolute atomic E-state index is 0.0274. The first kappa shape index (κ1) is 12.6. The summed E-state index contributed by atoms with van der Waals surface area (Å²) in [6, 6.07) is 11.1. The summed E-state index contributed by atoms with van der Waals surface area (Å²) in [6.45, 7) is 1.98. The summed E-state index contributed by atoms with van der Waals surface area (Å²) in [4.78, 5) is 13.2. The fraction of sp³-hybridized carbons (Fsp3) is 0.214. The van der Waals surface area contributed by atoms with Crippen molar-refractivity contribution in [3.8, 4) is 5.75 Å². The molecule has 2 rings (SSSR count). The van der Waals surface area contributed by atoms with Crippen molar-refractivity contribution in [2.75, 3.05) is 7.11 Å². The van der Waals surface area contributed by atoms with Gasteiger partial charge in [0.15, 0.2) is 0 Å². The monoisotopic (exact) mass is 261 g/mol. The highest BCUT2D eigenvalue weighted by Crippen LogP contribution is 2.19. The van der Waals surface area contributed by atoms with Crippen LogP contribution in [-0.4, -0.2) is 13.0 Å². The zero-order valence-electron chi connectivity index (χ0n) is 10.3. The molecule has 0 spiro atoms. The number of amides is 1. The third kappa shape index (κ3) is 2.90. The van der Waals surface area contributed by atoms with Crippen LogP contribution >= 0.6 is 11.3 Å². The summed E-state index contributed by atoms with van der Waals surface area (Å²) >= 11 is 1.64. The second kappa shape index (κ2) is 5.69. The second-order valence-electron chi connectivity index (χ2n) is 3.94. The molecule has 94 valence electrons. The molecular weight excluding hydrogens is 246 g/mol. The van der Waals surface area contributed by atoms with Crippen LogP contribution in [0.3, 0.4) is 0 Å². The van der Waals surface area contributed by atoms with Gasteiger partial charge in [-0.3, -0.25) is 4.79 Å². The maximum atomic E-state index is 12.0. The molecule has 1 amide bonds. The van der Waals surface area contributed by atoms with Crippen LogP contribution in [0.4, 0.5) is 0 Å². The van der Waals surface area contributed by atoms with Gasteiger partial charge in [-0.25, -0.2) is 0 Å². The highest BCUT2D eigenvalue weighted by molar-refractivity contribution is 7.10. The molecule has 1 heterocycles. The molecule has 1 N–H and O–H groups in total. The van der Waals surface area contributed by atoms with Gasteiger partial charge in [-0.2, -0.15) is 0 Å². The number of benzene rings is 1. The van der Waals surface area contributed by atoms with Crippen molar-refractivity contribution in [2.45, 2.75) is 13.0 Å². The molecule has 0 aliphatic heterocycles. The summed E-state index contributed by atoms with van der Waals surface area (Å²) in [6.07, 6.45) is 0. The van der Waals surface area contributed by atoms with Crippen LogP contribution in [0, 0.1) is 0 Å². The molecule has 1 aromatic heterocycles. The molecule has 2 aromatic rings. The highest BCUT2D eigenvalue weighted by Gasteiger charge is 2.11. The van der Waals surface area contributed by atoms with E-state index in [4.69, 9.17) is 4.74 Å². The standard InChI is InChI=1S/C14H15NO2S/c1-10(13-4-3-9-18-13)15-14(16)11-5-7-12(17-2)8-6-11/h3-10H,1-2H3,(H,15,16)/t10-/m0/s1. The molecule has 0 aliphatic carbocycles. The van der Waals surface area contributed by atoms with Crippen molar-refractivity contribution in [2.24, 2.45) is 0 Å². The van der Waals surface area contributed by atoms with Crippen molar-refractivity contribution < 1.29 is 9.53 Å². The summed E-state index contributed by atoms with van der Waals surface area (Å²) in [7, 11) is 1.61. The van der Waals surface area contributed by atoms with Crippen molar-refractivity contribution >= 4 is 17.2 Å². The zero-order valence-corrected chi connectivity index (χ0v) is 11.2. The van der Waals surface area contributed by atoms with Gasteiger partial charge in [0.05, 0.1) is 13.2 Å². The molecule has 1 aromatic carbocycles. The van der Waals surface area contributed by atoms with Gasteiger partial charge in [-0.15, -0.1) is 11.3 Å². The summed E-state index contributed by atoms with van der Waals surface area (Å²) < 4.78 is 5.06. The second-order valence-corrected chi connectivity index (χ2v) is 4.92. The van der Waals surface area contributed by atoms with Crippen LogP contribution in [0.25, 0.3) is 0 Å². The Morgan fingerprint density at radius 3 is 2.56 bits per heavy atom. The van der Waals surface area contributed by atoms with Crippen LogP contribution in [0.2, 0.25) is 0 Å². The Morgan fingerprint density at radius 1 is 1.28 bits per heavy atom. The molecule has 0 fully saturated rings. The van der Waals surface area contributed by atoms with E-state index in [9.17, 15) is 4.79 Å². The first-order valence-electron chi connectivity index (χ1n) is 5.69. The van der Waals surface area contributed by atoms with Gasteiger partial charge in [0, 0.05) is 10.4 Å². The maximum absolute atomic E-state index is 12.0. The first-order valence-corrected chi connectivity index (χ1v) is 6.57. The summed E-state index contributed by atoms with van der Waals surface area (Å²) in [5.74, 6) is 0.677. The Balaban J connectivity index is 2.03. The van der Waals surface area contributed by atoms with Crippen LogP contribution in [0.1, 0.15) is 28.2 Å². The number of nitrogens with one attached hydrogen (secondary N) is 1. The van der Waals surface area contributed by atoms with E-state index in [0.717, 1.165) is 10.6 Å². The zero-order chi connectivity index (χ0) is 13.0. The van der Waals surface area contributed by atoms with Gasteiger partial charge >= 0.3 is 0 Å². The van der Waals surface area contributed by atoms with Crippen molar-refractivity contribution in [3.63, 3.8) is 0 Å². The molecule has 0 saturated heterocycles. The molecule has 0 bridgehead atoms. The van der Waals surface area contributed by atoms with Crippen LogP contribution in [-0.2, 0) is 0 Å². The third-order valence-electron chi connectivity index (χ3n) is 2.67. The molecule has 18 heavy (non-hydrogen) atoms. The van der Waals surface area contributed by atoms with Gasteiger partial charge in [-0.05, 0) is 42.6 Å². The Bertz CT molecular complexity index is 505. The van der Waals surface area contributed by atoms with Gasteiger partial charge in [0.25, 0.3) is 5.91 Å². The van der Waals surface area contributed by atoms with Crippen molar-refractivity contribution in [3.05, 3.63) is 52.2 Å². The molecule has 0 saturated carbocycles. The number of hydrogen-bond acceptors (Lipinski definition) is 3. The molecule has 0 radical (unpaired) electrons. The van der Waals surface area contributed by atoms with Gasteiger partial charge in [-0.1, -0.05) is 6.07 Å². The van der Waals surface area contributed by atoms with E-state index >= 15 is 0 Å². The van der Waals surface area contributed by atoms with E-state index in [1.165, 1.54) is 0 Å². The van der Waals surface area contributed by atoms with Crippen LogP contribution in [0.5, 0.6) is 5.75 Å². The van der Waals surface area contributed by atoms with Crippen molar-refractivity contribution in [1.29, 1.82) is 0 Å². The third-order valence-corrected chi connectivity index (χ3v) is 3.72. The lowest BCUT2D eigenvalue weighted by Gasteiger charge is -2.12. The summed E-state index contributed by atoms with van der Waals surface area (Å²) in [5, 5.41) is 4.97. The molecular formula is C14H15NO2S. The Hall–Kier alpha value is -1.81. The molecule has 0 aliphatic rings. The van der Waals surface area contributed by atoms with Gasteiger partial charge in [0.1, 0.15) is 5.75 Å². The van der Waals surface area contributed by atoms with Crippen LogP contribution in [0.15, 0.2) is 41.8 Å². The lowest BCUT2D eigenvalue weighted by molar-refractivity contribution is 0.0940. The van der Waals surface area contributed by atoms with Crippen molar-refractivity contribution in [1.82, 2.24) is 5.32 Å². The molecule has 3 nitrogen and oxygen atoms in total. The smallest absolute Gasteiger partial charge is 0.251 e. The predicted molar refractivity (Wildman–Crippen MR) is 73.2 cm³/mol. The number of ether oxygens (including phenoxy) is 1. The minimum atomic E-state index is -0.0708.